The summed E-state index contributed by atoms with van der Waals surface area (Å²) in [5.74, 6) is 0. The van der Waals surface area contributed by atoms with Gasteiger partial charge >= 0.3 is 32.7 Å². The zero-order chi connectivity index (χ0) is 4.00. The first-order valence-corrected chi connectivity index (χ1v) is 2.00. The minimum Gasteiger partial charge on any atom is -0.358 e. The van der Waals surface area contributed by atoms with Gasteiger partial charge in [-0.2, -0.15) is 0 Å². The maximum atomic E-state index is 2.00. The first kappa shape index (κ1) is 120. The summed E-state index contributed by atoms with van der Waals surface area (Å²) in [6.07, 6.45) is 0. The third-order valence-corrected chi connectivity index (χ3v) is 0. The summed E-state index contributed by atoms with van der Waals surface area (Å²) >= 11 is 0. The van der Waals surface area contributed by atoms with Crippen molar-refractivity contribution in [2.24, 2.45) is 0 Å². The van der Waals surface area contributed by atoms with Crippen LogP contribution in [0.3, 0.4) is 0 Å². The quantitative estimate of drug-likeness (QED) is 0.326. The van der Waals surface area contributed by atoms with Crippen molar-refractivity contribution in [2.45, 2.75) is 27.7 Å². The van der Waals surface area contributed by atoms with Gasteiger partial charge in [0.15, 0.2) is 0 Å². The summed E-state index contributed by atoms with van der Waals surface area (Å²) in [6.45, 7) is 8.00. The molecule has 8 heteroatoms. The molecule has 0 heterocycles. The van der Waals surface area contributed by atoms with E-state index >= 15 is 0 Å². The van der Waals surface area contributed by atoms with E-state index in [1.807, 2.05) is 27.7 Å². The number of hydrogen-bond acceptors (Lipinski definition) is 0. The van der Waals surface area contributed by atoms with Gasteiger partial charge in [0.05, 0.1) is 0 Å². The standard InChI is InChI=1S/2C2H6.4CH3.8Y/c2*1-2;;;;;;;;;;;;/h2*1-2H3;4*1H3;;;;;;;;/q;;4*-1;;;;;;;;+3. The van der Waals surface area contributed by atoms with Gasteiger partial charge in [-0.25, -0.2) is 0 Å². The fourth-order valence-electron chi connectivity index (χ4n) is 0. The summed E-state index contributed by atoms with van der Waals surface area (Å²) in [5.41, 5.74) is 0. The summed E-state index contributed by atoms with van der Waals surface area (Å²) < 4.78 is 0. The van der Waals surface area contributed by atoms with E-state index in [9.17, 15) is 0 Å². The molecule has 0 N–H and O–H groups in total. The molecule has 7 radical (unpaired) electrons. The Hall–Kier alpha value is 8.83. The van der Waals surface area contributed by atoms with Gasteiger partial charge in [-0.15, -0.1) is 0 Å². The number of hydrogen-bond donors (Lipinski definition) is 0. The normalized spacial score (nSPS) is 0.750. The average molecular weight is 832 g/mol. The molecule has 0 fully saturated rings. The fourth-order valence-corrected chi connectivity index (χ4v) is 0. The summed E-state index contributed by atoms with van der Waals surface area (Å²) in [5, 5.41) is 0. The molecule has 0 aliphatic carbocycles. The van der Waals surface area contributed by atoms with E-state index in [4.69, 9.17) is 0 Å². The Balaban J connectivity index is -0.000000000238. The summed E-state index contributed by atoms with van der Waals surface area (Å²) in [7, 11) is 0. The van der Waals surface area contributed by atoms with Gasteiger partial charge < -0.3 is 29.7 Å². The molecule has 0 aromatic carbocycles. The average Bonchev–Trinajstić information content (AvgIpc) is 1.50. The van der Waals surface area contributed by atoms with Gasteiger partial charge in [0, 0.05) is 229 Å². The van der Waals surface area contributed by atoms with Crippen LogP contribution in [-0.2, 0) is 262 Å². The van der Waals surface area contributed by atoms with Crippen LogP contribution in [0.25, 0.3) is 0 Å². The molecule has 0 bridgehead atoms. The van der Waals surface area contributed by atoms with Gasteiger partial charge in [0.1, 0.15) is 0 Å². The van der Waals surface area contributed by atoms with Crippen LogP contribution < -0.4 is 0 Å². The predicted molar refractivity (Wildman–Crippen MR) is 48.4 cm³/mol. The van der Waals surface area contributed by atoms with Crippen LogP contribution in [0.4, 0.5) is 0 Å². The van der Waals surface area contributed by atoms with E-state index in [1.165, 1.54) is 0 Å². The van der Waals surface area contributed by atoms with E-state index in [0.29, 0.717) is 0 Å². The third-order valence-electron chi connectivity index (χ3n) is 0. The van der Waals surface area contributed by atoms with Gasteiger partial charge in [-0.05, 0) is 0 Å². The molecule has 0 aromatic rings. The van der Waals surface area contributed by atoms with Crippen LogP contribution in [0.15, 0.2) is 0 Å². The van der Waals surface area contributed by atoms with Crippen molar-refractivity contribution >= 4 is 0 Å². The minimum absolute atomic E-state index is 0. The SMILES string of the molecule is CC.CC.[CH3-].[CH3-].[CH3-].[CH3-].[Y+3].[Y].[Y].[Y].[Y].[Y].[Y].[Y]. The summed E-state index contributed by atoms with van der Waals surface area (Å²) in [6, 6.07) is 0. The number of rotatable bonds is 0. The predicted octanol–water partition coefficient (Wildman–Crippen LogP) is 3.83. The zero-order valence-corrected chi connectivity index (χ0v) is 35.3. The Kier molecular flexibility index (Phi) is 1200. The molecule has 0 nitrogen and oxygen atoms in total. The molecule has 0 amide bonds. The van der Waals surface area contributed by atoms with Crippen LogP contribution in [-0.4, -0.2) is 0 Å². The second-order valence-electron chi connectivity index (χ2n) is 0. The van der Waals surface area contributed by atoms with Crippen molar-refractivity contribution in [3.63, 3.8) is 0 Å². The van der Waals surface area contributed by atoms with E-state index < -0.39 is 0 Å². The Labute approximate surface area is 309 Å². The first-order chi connectivity index (χ1) is 2.00. The Morgan fingerprint density at radius 3 is 0.312 bits per heavy atom. The van der Waals surface area contributed by atoms with Crippen molar-refractivity contribution in [3.8, 4) is 0 Å². The molecule has 0 unspecified atom stereocenters. The largest absolute Gasteiger partial charge is 3.00 e. The van der Waals surface area contributed by atoms with Gasteiger partial charge in [0.2, 0.25) is 0 Å². The second kappa shape index (κ2) is 159. The van der Waals surface area contributed by atoms with Crippen molar-refractivity contribution in [2.75, 3.05) is 0 Å². The Morgan fingerprint density at radius 2 is 0.312 bits per heavy atom. The molecule has 0 aliphatic rings. The third kappa shape index (κ3) is 140. The minimum atomic E-state index is 0. The van der Waals surface area contributed by atoms with Crippen molar-refractivity contribution in [3.05, 3.63) is 29.7 Å². The van der Waals surface area contributed by atoms with Crippen molar-refractivity contribution in [1.29, 1.82) is 0 Å². The van der Waals surface area contributed by atoms with Gasteiger partial charge in [-0.3, -0.25) is 0 Å². The molecule has 16 heavy (non-hydrogen) atoms. The molecule has 0 saturated carbocycles. The maximum absolute atomic E-state index is 2.00. The van der Waals surface area contributed by atoms with Crippen LogP contribution in [0.1, 0.15) is 27.7 Å². The van der Waals surface area contributed by atoms with E-state index in [-0.39, 0.29) is 291 Å². The van der Waals surface area contributed by atoms with E-state index in [1.54, 1.807) is 0 Å². The second-order valence-corrected chi connectivity index (χ2v) is 0. The zero-order valence-electron chi connectivity index (χ0n) is 12.6. The molecular formula is C8H24Y8-. The molecule has 0 saturated heterocycles. The fraction of sp³-hybridized carbons (Fsp3) is 0.500. The maximum Gasteiger partial charge on any atom is 3.00 e. The summed E-state index contributed by atoms with van der Waals surface area (Å²) in [4.78, 5) is 0. The van der Waals surface area contributed by atoms with E-state index in [2.05, 4.69) is 0 Å². The molecule has 0 spiro atoms. The molecule has 0 aliphatic heterocycles. The smallest absolute Gasteiger partial charge is 0.358 e. The van der Waals surface area contributed by atoms with E-state index in [0.717, 1.165) is 0 Å². The molecule has 0 rings (SSSR count). The monoisotopic (exact) mass is 831 g/mol. The van der Waals surface area contributed by atoms with Gasteiger partial charge in [-0.1, -0.05) is 27.7 Å². The van der Waals surface area contributed by atoms with Gasteiger partial charge in [0.25, 0.3) is 0 Å². The topological polar surface area (TPSA) is 0 Å². The first-order valence-electron chi connectivity index (χ1n) is 2.00. The van der Waals surface area contributed by atoms with Crippen molar-refractivity contribution < 1.29 is 262 Å². The Morgan fingerprint density at radius 1 is 0.312 bits per heavy atom. The molecule has 0 atom stereocenters. The molecular weight excluding hydrogens is 807 g/mol. The van der Waals surface area contributed by atoms with Crippen LogP contribution in [0.2, 0.25) is 0 Å². The van der Waals surface area contributed by atoms with Crippen molar-refractivity contribution in [1.82, 2.24) is 0 Å². The van der Waals surface area contributed by atoms with Crippen LogP contribution in [0.5, 0.6) is 0 Å². The van der Waals surface area contributed by atoms with Crippen LogP contribution in [0, 0.1) is 29.7 Å². The van der Waals surface area contributed by atoms with Crippen LogP contribution >= 0.6 is 0 Å². The Bertz CT molecular complexity index is 16.0. The molecule has 81 valence electrons. The molecule has 0 aromatic heterocycles.